The van der Waals surface area contributed by atoms with Crippen molar-refractivity contribution < 1.29 is 10.2 Å². The van der Waals surface area contributed by atoms with Gasteiger partial charge in [-0.05, 0) is 49.7 Å². The lowest BCUT2D eigenvalue weighted by atomic mass is 9.89. The maximum atomic E-state index is 9.81. The molecule has 2 nitrogen and oxygen atoms in total. The Morgan fingerprint density at radius 1 is 1.05 bits per heavy atom. The molecule has 0 aliphatic rings. The third-order valence-electron chi connectivity index (χ3n) is 3.85. The van der Waals surface area contributed by atoms with E-state index in [2.05, 4.69) is 38.1 Å². The summed E-state index contributed by atoms with van der Waals surface area (Å²) in [5, 5.41) is 19.2. The van der Waals surface area contributed by atoms with Crippen LogP contribution >= 0.6 is 0 Å². The Bertz CT molecular complexity index is 343. The molecule has 0 fully saturated rings. The van der Waals surface area contributed by atoms with Crippen molar-refractivity contribution in [3.05, 3.63) is 35.4 Å². The van der Waals surface area contributed by atoms with Crippen molar-refractivity contribution in [3.63, 3.8) is 0 Å². The molecular formula is C17H28O2. The van der Waals surface area contributed by atoms with Crippen LogP contribution in [0.15, 0.2) is 24.3 Å². The van der Waals surface area contributed by atoms with E-state index in [9.17, 15) is 10.2 Å². The van der Waals surface area contributed by atoms with Gasteiger partial charge in [0, 0.05) is 0 Å². The molecule has 0 radical (unpaired) electrons. The Kier molecular flexibility index (Phi) is 7.11. The van der Waals surface area contributed by atoms with E-state index in [-0.39, 0.29) is 0 Å². The van der Waals surface area contributed by atoms with Crippen LogP contribution in [0.3, 0.4) is 0 Å². The summed E-state index contributed by atoms with van der Waals surface area (Å²) in [5.41, 5.74) is 2.65. The maximum Gasteiger partial charge on any atom is 0.0802 e. The second-order valence-electron chi connectivity index (χ2n) is 5.49. The molecule has 1 aromatic rings. The number of hydrogen-bond acceptors (Lipinski definition) is 2. The van der Waals surface area contributed by atoms with Gasteiger partial charge < -0.3 is 10.2 Å². The molecular weight excluding hydrogens is 236 g/mol. The average Bonchev–Trinajstić information content (AvgIpc) is 2.42. The first-order valence-corrected chi connectivity index (χ1v) is 7.53. The Balaban J connectivity index is 2.65. The number of benzene rings is 1. The number of aliphatic hydroxyl groups is 2. The van der Waals surface area contributed by atoms with Gasteiger partial charge in [-0.3, -0.25) is 0 Å². The number of rotatable bonds is 8. The van der Waals surface area contributed by atoms with Crippen LogP contribution in [0.1, 0.15) is 63.5 Å². The van der Waals surface area contributed by atoms with Crippen molar-refractivity contribution in [1.82, 2.24) is 0 Å². The lowest BCUT2D eigenvalue weighted by Crippen LogP contribution is -2.24. The molecule has 1 rings (SSSR count). The molecule has 3 unspecified atom stereocenters. The lowest BCUT2D eigenvalue weighted by molar-refractivity contribution is 0.0215. The smallest absolute Gasteiger partial charge is 0.0802 e. The number of aryl methyl sites for hydroxylation is 1. The Morgan fingerprint density at radius 3 is 2.16 bits per heavy atom. The van der Waals surface area contributed by atoms with E-state index < -0.39 is 12.2 Å². The van der Waals surface area contributed by atoms with Gasteiger partial charge in [-0.25, -0.2) is 0 Å². The second-order valence-corrected chi connectivity index (χ2v) is 5.49. The SMILES string of the molecule is CCCCc1ccc(C(CC)CC(O)C(C)O)cc1. The molecule has 0 heterocycles. The lowest BCUT2D eigenvalue weighted by Gasteiger charge is -2.21. The molecule has 0 aromatic heterocycles. The quantitative estimate of drug-likeness (QED) is 0.752. The van der Waals surface area contributed by atoms with Crippen molar-refractivity contribution in [2.24, 2.45) is 0 Å². The number of unbranched alkanes of at least 4 members (excludes halogenated alkanes) is 1. The first-order valence-electron chi connectivity index (χ1n) is 7.53. The van der Waals surface area contributed by atoms with Crippen molar-refractivity contribution in [1.29, 1.82) is 0 Å². The van der Waals surface area contributed by atoms with Crippen molar-refractivity contribution in [2.75, 3.05) is 0 Å². The standard InChI is InChI=1S/C17H28O2/c1-4-6-7-14-8-10-16(11-9-14)15(5-2)12-17(19)13(3)18/h8-11,13,15,17-19H,4-7,12H2,1-3H3. The molecule has 19 heavy (non-hydrogen) atoms. The highest BCUT2D eigenvalue weighted by molar-refractivity contribution is 5.25. The van der Waals surface area contributed by atoms with Crippen LogP contribution in [0.5, 0.6) is 0 Å². The van der Waals surface area contributed by atoms with Gasteiger partial charge in [0.05, 0.1) is 12.2 Å². The second kappa shape index (κ2) is 8.34. The molecule has 0 bridgehead atoms. The van der Waals surface area contributed by atoms with Crippen molar-refractivity contribution in [2.45, 2.75) is 71.0 Å². The summed E-state index contributed by atoms with van der Waals surface area (Å²) in [7, 11) is 0. The first kappa shape index (κ1) is 16.2. The molecule has 3 atom stereocenters. The van der Waals surface area contributed by atoms with Gasteiger partial charge in [0.2, 0.25) is 0 Å². The highest BCUT2D eigenvalue weighted by Crippen LogP contribution is 2.26. The molecule has 0 saturated carbocycles. The maximum absolute atomic E-state index is 9.81. The molecule has 0 aliphatic carbocycles. The number of hydrogen-bond donors (Lipinski definition) is 2. The van der Waals surface area contributed by atoms with Gasteiger partial charge in [-0.15, -0.1) is 0 Å². The summed E-state index contributed by atoms with van der Waals surface area (Å²) in [5.74, 6) is 0.324. The third kappa shape index (κ3) is 5.33. The molecule has 0 spiro atoms. The minimum Gasteiger partial charge on any atom is -0.391 e. The molecule has 1 aromatic carbocycles. The summed E-state index contributed by atoms with van der Waals surface area (Å²) in [6.07, 6.45) is 3.92. The van der Waals surface area contributed by atoms with Crippen LogP contribution in [0.4, 0.5) is 0 Å². The zero-order valence-electron chi connectivity index (χ0n) is 12.5. The fourth-order valence-electron chi connectivity index (χ4n) is 2.36. The topological polar surface area (TPSA) is 40.5 Å². The van der Waals surface area contributed by atoms with Crippen molar-refractivity contribution >= 4 is 0 Å². The average molecular weight is 264 g/mol. The van der Waals surface area contributed by atoms with E-state index in [1.807, 2.05) is 0 Å². The summed E-state index contributed by atoms with van der Waals surface area (Å²) < 4.78 is 0. The summed E-state index contributed by atoms with van der Waals surface area (Å²) in [4.78, 5) is 0. The van der Waals surface area contributed by atoms with E-state index in [0.29, 0.717) is 12.3 Å². The van der Waals surface area contributed by atoms with Gasteiger partial charge in [0.25, 0.3) is 0 Å². The van der Waals surface area contributed by atoms with Gasteiger partial charge in [0.15, 0.2) is 0 Å². The van der Waals surface area contributed by atoms with E-state index in [1.54, 1.807) is 6.92 Å². The zero-order chi connectivity index (χ0) is 14.3. The van der Waals surface area contributed by atoms with Gasteiger partial charge in [0.1, 0.15) is 0 Å². The molecule has 2 heteroatoms. The predicted molar refractivity (Wildman–Crippen MR) is 80.4 cm³/mol. The van der Waals surface area contributed by atoms with E-state index >= 15 is 0 Å². The Hall–Kier alpha value is -0.860. The molecule has 0 saturated heterocycles. The highest BCUT2D eigenvalue weighted by atomic mass is 16.3. The molecule has 2 N–H and O–H groups in total. The van der Waals surface area contributed by atoms with Gasteiger partial charge >= 0.3 is 0 Å². The van der Waals surface area contributed by atoms with Crippen LogP contribution in [0, 0.1) is 0 Å². The minimum absolute atomic E-state index is 0.324. The fraction of sp³-hybridized carbons (Fsp3) is 0.647. The fourth-order valence-corrected chi connectivity index (χ4v) is 2.36. The summed E-state index contributed by atoms with van der Waals surface area (Å²) >= 11 is 0. The van der Waals surface area contributed by atoms with E-state index in [4.69, 9.17) is 0 Å². The summed E-state index contributed by atoms with van der Waals surface area (Å²) in [6, 6.07) is 8.74. The highest BCUT2D eigenvalue weighted by Gasteiger charge is 2.18. The summed E-state index contributed by atoms with van der Waals surface area (Å²) in [6.45, 7) is 5.98. The Morgan fingerprint density at radius 2 is 1.68 bits per heavy atom. The van der Waals surface area contributed by atoms with E-state index in [1.165, 1.54) is 24.0 Å². The normalized spacial score (nSPS) is 16.1. The van der Waals surface area contributed by atoms with Crippen LogP contribution < -0.4 is 0 Å². The Labute approximate surface area is 117 Å². The molecule has 108 valence electrons. The molecule has 0 amide bonds. The minimum atomic E-state index is -0.655. The first-order chi connectivity index (χ1) is 9.08. The number of aliphatic hydroxyl groups excluding tert-OH is 2. The predicted octanol–water partition coefficient (Wildman–Crippen LogP) is 3.65. The van der Waals surface area contributed by atoms with Crippen LogP contribution in [0.25, 0.3) is 0 Å². The van der Waals surface area contributed by atoms with Gasteiger partial charge in [-0.1, -0.05) is 44.5 Å². The van der Waals surface area contributed by atoms with Crippen LogP contribution in [-0.2, 0) is 6.42 Å². The van der Waals surface area contributed by atoms with E-state index in [0.717, 1.165) is 12.8 Å². The van der Waals surface area contributed by atoms with Crippen molar-refractivity contribution in [3.8, 4) is 0 Å². The third-order valence-corrected chi connectivity index (χ3v) is 3.85. The zero-order valence-corrected chi connectivity index (χ0v) is 12.5. The monoisotopic (exact) mass is 264 g/mol. The van der Waals surface area contributed by atoms with Crippen LogP contribution in [0.2, 0.25) is 0 Å². The van der Waals surface area contributed by atoms with Crippen LogP contribution in [-0.4, -0.2) is 22.4 Å². The molecule has 0 aliphatic heterocycles. The largest absolute Gasteiger partial charge is 0.391 e. The van der Waals surface area contributed by atoms with Gasteiger partial charge in [-0.2, -0.15) is 0 Å².